The van der Waals surface area contributed by atoms with Crippen molar-refractivity contribution in [2.45, 2.75) is 25.3 Å². The highest BCUT2D eigenvalue weighted by atomic mass is 16.5. The summed E-state index contributed by atoms with van der Waals surface area (Å²) in [5.74, 6) is -1.75. The van der Waals surface area contributed by atoms with Crippen LogP contribution in [-0.2, 0) is 0 Å². The highest BCUT2D eigenvalue weighted by Crippen LogP contribution is 2.09. The van der Waals surface area contributed by atoms with E-state index in [1.807, 2.05) is 13.8 Å². The fourth-order valence-electron chi connectivity index (χ4n) is 1.18. The number of hydrogen-bond donors (Lipinski definition) is 4. The SMILES string of the molecule is CC1(C)CNCC(O)(O)N1. The van der Waals surface area contributed by atoms with E-state index >= 15 is 0 Å². The van der Waals surface area contributed by atoms with Gasteiger partial charge in [0.05, 0.1) is 6.54 Å². The summed E-state index contributed by atoms with van der Waals surface area (Å²) in [6.07, 6.45) is 0. The maximum atomic E-state index is 9.09. The minimum absolute atomic E-state index is 0.177. The molecular weight excluding hydrogens is 132 g/mol. The fourth-order valence-corrected chi connectivity index (χ4v) is 1.18. The minimum atomic E-state index is -1.75. The molecule has 0 saturated carbocycles. The lowest BCUT2D eigenvalue weighted by atomic mass is 10.0. The van der Waals surface area contributed by atoms with Gasteiger partial charge in [0.15, 0.2) is 0 Å². The Morgan fingerprint density at radius 1 is 1.20 bits per heavy atom. The summed E-state index contributed by atoms with van der Waals surface area (Å²) < 4.78 is 0. The van der Waals surface area contributed by atoms with Crippen LogP contribution in [0.5, 0.6) is 0 Å². The van der Waals surface area contributed by atoms with Gasteiger partial charge in [0.25, 0.3) is 0 Å². The molecule has 0 atom stereocenters. The predicted molar refractivity (Wildman–Crippen MR) is 37.3 cm³/mol. The molecule has 0 aromatic heterocycles. The van der Waals surface area contributed by atoms with Gasteiger partial charge in [-0.15, -0.1) is 0 Å². The van der Waals surface area contributed by atoms with Gasteiger partial charge in [0, 0.05) is 12.1 Å². The quantitative estimate of drug-likeness (QED) is 0.317. The highest BCUT2D eigenvalue weighted by Gasteiger charge is 2.35. The molecule has 0 aromatic rings. The van der Waals surface area contributed by atoms with Crippen LogP contribution < -0.4 is 10.6 Å². The zero-order valence-electron chi connectivity index (χ0n) is 6.31. The van der Waals surface area contributed by atoms with E-state index in [4.69, 9.17) is 10.2 Å². The van der Waals surface area contributed by atoms with Gasteiger partial charge in [-0.25, -0.2) is 0 Å². The van der Waals surface area contributed by atoms with Gasteiger partial charge < -0.3 is 15.5 Å². The summed E-state index contributed by atoms with van der Waals surface area (Å²) in [6, 6.07) is 0. The van der Waals surface area contributed by atoms with E-state index in [0.717, 1.165) is 6.54 Å². The second-order valence-electron chi connectivity index (χ2n) is 3.43. The molecule has 0 aliphatic carbocycles. The van der Waals surface area contributed by atoms with E-state index in [1.165, 1.54) is 0 Å². The van der Waals surface area contributed by atoms with Crippen molar-refractivity contribution in [1.29, 1.82) is 0 Å². The average molecular weight is 146 g/mol. The monoisotopic (exact) mass is 146 g/mol. The molecule has 0 unspecified atom stereocenters. The Balaban J connectivity index is 2.56. The number of hydrogen-bond acceptors (Lipinski definition) is 4. The Labute approximate surface area is 60.2 Å². The third-order valence-electron chi connectivity index (χ3n) is 1.48. The number of piperazine rings is 1. The number of nitrogens with one attached hydrogen (secondary N) is 2. The lowest BCUT2D eigenvalue weighted by Gasteiger charge is -2.39. The fraction of sp³-hybridized carbons (Fsp3) is 1.00. The van der Waals surface area contributed by atoms with E-state index in [2.05, 4.69) is 10.6 Å². The second-order valence-corrected chi connectivity index (χ2v) is 3.43. The average Bonchev–Trinajstić information content (AvgIpc) is 1.56. The molecule has 4 nitrogen and oxygen atoms in total. The third kappa shape index (κ3) is 1.91. The molecule has 1 heterocycles. The van der Waals surface area contributed by atoms with Crippen molar-refractivity contribution in [1.82, 2.24) is 10.6 Å². The van der Waals surface area contributed by atoms with Crippen LogP contribution in [0.4, 0.5) is 0 Å². The first-order valence-corrected chi connectivity index (χ1v) is 3.36. The molecule has 1 aliphatic heterocycles. The molecule has 1 fully saturated rings. The molecule has 1 aliphatic rings. The zero-order chi connectivity index (χ0) is 7.83. The van der Waals surface area contributed by atoms with E-state index in [1.54, 1.807) is 0 Å². The summed E-state index contributed by atoms with van der Waals surface area (Å²) in [6.45, 7) is 4.73. The molecule has 4 N–H and O–H groups in total. The molecule has 1 saturated heterocycles. The van der Waals surface area contributed by atoms with Crippen molar-refractivity contribution in [2.24, 2.45) is 0 Å². The van der Waals surface area contributed by atoms with E-state index in [0.29, 0.717) is 0 Å². The van der Waals surface area contributed by atoms with Gasteiger partial charge in [-0.05, 0) is 13.8 Å². The molecule has 0 radical (unpaired) electrons. The van der Waals surface area contributed by atoms with E-state index in [-0.39, 0.29) is 12.1 Å². The molecule has 10 heavy (non-hydrogen) atoms. The largest absolute Gasteiger partial charge is 0.352 e. The molecule has 60 valence electrons. The third-order valence-corrected chi connectivity index (χ3v) is 1.48. The second kappa shape index (κ2) is 2.17. The standard InChI is InChI=1S/C6H14N2O2/c1-5(2)3-7-4-6(9,10)8-5/h7-10H,3-4H2,1-2H3. The van der Waals surface area contributed by atoms with Gasteiger partial charge in [-0.2, -0.15) is 0 Å². The van der Waals surface area contributed by atoms with Gasteiger partial charge in [-0.3, -0.25) is 5.32 Å². The Kier molecular flexibility index (Phi) is 1.72. The first-order valence-electron chi connectivity index (χ1n) is 3.36. The van der Waals surface area contributed by atoms with Crippen LogP contribution in [0.25, 0.3) is 0 Å². The number of rotatable bonds is 0. The van der Waals surface area contributed by atoms with Gasteiger partial charge in [0.2, 0.25) is 5.91 Å². The molecule has 0 spiro atoms. The lowest BCUT2D eigenvalue weighted by molar-refractivity contribution is -0.205. The van der Waals surface area contributed by atoms with Crippen molar-refractivity contribution in [3.63, 3.8) is 0 Å². The highest BCUT2D eigenvalue weighted by molar-refractivity contribution is 4.89. The molecule has 4 heteroatoms. The Hall–Kier alpha value is -0.160. The van der Waals surface area contributed by atoms with Crippen LogP contribution in [0.15, 0.2) is 0 Å². The van der Waals surface area contributed by atoms with Crippen LogP contribution in [0.3, 0.4) is 0 Å². The first kappa shape index (κ1) is 7.94. The molecule has 1 rings (SSSR count). The summed E-state index contributed by atoms with van der Waals surface area (Å²) >= 11 is 0. The van der Waals surface area contributed by atoms with Crippen LogP contribution in [-0.4, -0.2) is 34.8 Å². The molecule has 0 bridgehead atoms. The summed E-state index contributed by atoms with van der Waals surface area (Å²) in [5.41, 5.74) is -0.248. The van der Waals surface area contributed by atoms with Gasteiger partial charge in [-0.1, -0.05) is 0 Å². The van der Waals surface area contributed by atoms with E-state index in [9.17, 15) is 0 Å². The number of β-amino-alcohol motifs (C(OH)–C–C–N with tert-alkyl or cyclic N) is 2. The maximum Gasteiger partial charge on any atom is 0.236 e. The summed E-state index contributed by atoms with van der Waals surface area (Å²) in [7, 11) is 0. The van der Waals surface area contributed by atoms with Gasteiger partial charge in [0.1, 0.15) is 0 Å². The van der Waals surface area contributed by atoms with E-state index < -0.39 is 5.91 Å². The first-order chi connectivity index (χ1) is 4.41. The van der Waals surface area contributed by atoms with Crippen LogP contribution >= 0.6 is 0 Å². The van der Waals surface area contributed by atoms with Gasteiger partial charge >= 0.3 is 0 Å². The van der Waals surface area contributed by atoms with Crippen molar-refractivity contribution < 1.29 is 10.2 Å². The van der Waals surface area contributed by atoms with Crippen molar-refractivity contribution in [2.75, 3.05) is 13.1 Å². The maximum absolute atomic E-state index is 9.09. The van der Waals surface area contributed by atoms with Crippen molar-refractivity contribution >= 4 is 0 Å². The van der Waals surface area contributed by atoms with Crippen molar-refractivity contribution in [3.8, 4) is 0 Å². The molecular formula is C6H14N2O2. The predicted octanol–water partition coefficient (Wildman–Crippen LogP) is -1.40. The lowest BCUT2D eigenvalue weighted by Crippen LogP contribution is -2.68. The van der Waals surface area contributed by atoms with Crippen LogP contribution in [0.2, 0.25) is 0 Å². The Morgan fingerprint density at radius 2 is 1.80 bits per heavy atom. The smallest absolute Gasteiger partial charge is 0.236 e. The normalized spacial score (nSPS) is 30.0. The van der Waals surface area contributed by atoms with Crippen molar-refractivity contribution in [3.05, 3.63) is 0 Å². The Morgan fingerprint density at radius 3 is 2.10 bits per heavy atom. The zero-order valence-corrected chi connectivity index (χ0v) is 6.31. The molecule has 0 amide bonds. The van der Waals surface area contributed by atoms with Crippen LogP contribution in [0.1, 0.15) is 13.8 Å². The molecule has 0 aromatic carbocycles. The number of aliphatic hydroxyl groups is 2. The van der Waals surface area contributed by atoms with Crippen LogP contribution in [0, 0.1) is 0 Å². The minimum Gasteiger partial charge on any atom is -0.352 e. The topological polar surface area (TPSA) is 64.5 Å². The Bertz CT molecular complexity index is 120. The summed E-state index contributed by atoms with van der Waals surface area (Å²) in [5, 5.41) is 23.8. The summed E-state index contributed by atoms with van der Waals surface area (Å²) in [4.78, 5) is 0.